The zero-order chi connectivity index (χ0) is 13.7. The molecule has 4 aliphatic rings. The predicted molar refractivity (Wildman–Crippen MR) is 77.9 cm³/mol. The van der Waals surface area contributed by atoms with Gasteiger partial charge in [0.25, 0.3) is 0 Å². The van der Waals surface area contributed by atoms with Gasteiger partial charge in [-0.25, -0.2) is 4.79 Å². The van der Waals surface area contributed by atoms with E-state index in [0.717, 1.165) is 23.4 Å². The highest BCUT2D eigenvalue weighted by Gasteiger charge is 2.50. The third-order valence-corrected chi connectivity index (χ3v) is 5.56. The summed E-state index contributed by atoms with van der Waals surface area (Å²) >= 11 is 0. The Kier molecular flexibility index (Phi) is 2.60. The molecule has 0 heterocycles. The van der Waals surface area contributed by atoms with Gasteiger partial charge >= 0.3 is 5.97 Å². The van der Waals surface area contributed by atoms with Gasteiger partial charge in [0.1, 0.15) is 0 Å². The SMILES string of the molecule is O=C(O)c1cccc(NC23CC4CC(CC(C4)C2)C3)c1. The largest absolute Gasteiger partial charge is 0.478 e. The van der Waals surface area contributed by atoms with Crippen LogP contribution in [0.3, 0.4) is 0 Å². The number of anilines is 1. The van der Waals surface area contributed by atoms with Crippen molar-refractivity contribution in [2.24, 2.45) is 17.8 Å². The van der Waals surface area contributed by atoms with Gasteiger partial charge in [-0.2, -0.15) is 0 Å². The molecule has 4 saturated carbocycles. The lowest BCUT2D eigenvalue weighted by Gasteiger charge is -2.57. The van der Waals surface area contributed by atoms with E-state index in [9.17, 15) is 4.79 Å². The van der Waals surface area contributed by atoms with Crippen LogP contribution in [0.25, 0.3) is 0 Å². The minimum absolute atomic E-state index is 0.242. The third kappa shape index (κ3) is 2.00. The van der Waals surface area contributed by atoms with Gasteiger partial charge in [0.15, 0.2) is 0 Å². The van der Waals surface area contributed by atoms with Crippen molar-refractivity contribution in [3.8, 4) is 0 Å². The summed E-state index contributed by atoms with van der Waals surface area (Å²) in [6.07, 6.45) is 8.10. The zero-order valence-corrected chi connectivity index (χ0v) is 11.6. The van der Waals surface area contributed by atoms with E-state index in [-0.39, 0.29) is 5.54 Å². The second-order valence-electron chi connectivity index (χ2n) is 7.21. The fourth-order valence-electron chi connectivity index (χ4n) is 5.30. The summed E-state index contributed by atoms with van der Waals surface area (Å²) in [6, 6.07) is 7.28. The molecule has 20 heavy (non-hydrogen) atoms. The van der Waals surface area contributed by atoms with Gasteiger partial charge in [-0.15, -0.1) is 0 Å². The van der Waals surface area contributed by atoms with Crippen LogP contribution in [0.2, 0.25) is 0 Å². The van der Waals surface area contributed by atoms with Crippen LogP contribution in [0, 0.1) is 17.8 Å². The first-order valence-corrected chi connectivity index (χ1v) is 7.73. The lowest BCUT2D eigenvalue weighted by atomic mass is 9.53. The average Bonchev–Trinajstić information content (AvgIpc) is 2.36. The van der Waals surface area contributed by atoms with E-state index in [1.807, 2.05) is 12.1 Å². The molecular formula is C17H21NO2. The number of carboxylic acid groups (broad SMARTS) is 1. The van der Waals surface area contributed by atoms with Crippen molar-refractivity contribution in [1.29, 1.82) is 0 Å². The van der Waals surface area contributed by atoms with Crippen LogP contribution >= 0.6 is 0 Å². The summed E-state index contributed by atoms with van der Waals surface area (Å²) in [7, 11) is 0. The Labute approximate surface area is 119 Å². The fourth-order valence-corrected chi connectivity index (χ4v) is 5.30. The van der Waals surface area contributed by atoms with E-state index < -0.39 is 5.97 Å². The summed E-state index contributed by atoms with van der Waals surface area (Å²) in [4.78, 5) is 11.1. The van der Waals surface area contributed by atoms with Gasteiger partial charge < -0.3 is 10.4 Å². The van der Waals surface area contributed by atoms with Crippen LogP contribution in [0.5, 0.6) is 0 Å². The quantitative estimate of drug-likeness (QED) is 0.880. The normalized spacial score (nSPS) is 37.9. The molecule has 0 radical (unpaired) electrons. The van der Waals surface area contributed by atoms with Crippen LogP contribution in [-0.2, 0) is 0 Å². The zero-order valence-electron chi connectivity index (χ0n) is 11.6. The summed E-state index contributed by atoms with van der Waals surface area (Å²) in [5.74, 6) is 1.85. The first-order chi connectivity index (χ1) is 9.62. The molecule has 0 atom stereocenters. The maximum absolute atomic E-state index is 11.1. The summed E-state index contributed by atoms with van der Waals surface area (Å²) in [5, 5.41) is 12.8. The van der Waals surface area contributed by atoms with E-state index in [4.69, 9.17) is 5.11 Å². The number of carbonyl (C=O) groups is 1. The highest BCUT2D eigenvalue weighted by molar-refractivity contribution is 5.88. The Balaban J connectivity index is 1.59. The standard InChI is InChI=1S/C17H21NO2/c19-16(20)14-2-1-3-15(7-14)18-17-8-11-4-12(9-17)6-13(5-11)10-17/h1-3,7,11-13,18H,4-6,8-10H2,(H,19,20). The highest BCUT2D eigenvalue weighted by Crippen LogP contribution is 2.56. The molecule has 2 N–H and O–H groups in total. The van der Waals surface area contributed by atoms with Gasteiger partial charge in [-0.1, -0.05) is 6.07 Å². The van der Waals surface area contributed by atoms with E-state index in [1.54, 1.807) is 12.1 Å². The summed E-state index contributed by atoms with van der Waals surface area (Å²) < 4.78 is 0. The van der Waals surface area contributed by atoms with Crippen LogP contribution in [-0.4, -0.2) is 16.6 Å². The summed E-state index contributed by atoms with van der Waals surface area (Å²) in [5.41, 5.74) is 1.60. The van der Waals surface area contributed by atoms with Crippen LogP contribution < -0.4 is 5.32 Å². The lowest BCUT2D eigenvalue weighted by molar-refractivity contribution is 0.0107. The van der Waals surface area contributed by atoms with Gasteiger partial charge in [-0.3, -0.25) is 0 Å². The average molecular weight is 271 g/mol. The molecule has 0 spiro atoms. The summed E-state index contributed by atoms with van der Waals surface area (Å²) in [6.45, 7) is 0. The van der Waals surface area contributed by atoms with Gasteiger partial charge in [-0.05, 0) is 74.5 Å². The number of hydrogen-bond acceptors (Lipinski definition) is 2. The van der Waals surface area contributed by atoms with Crippen molar-refractivity contribution >= 4 is 11.7 Å². The number of nitrogens with one attached hydrogen (secondary N) is 1. The molecule has 1 aromatic rings. The predicted octanol–water partition coefficient (Wildman–Crippen LogP) is 3.77. The van der Waals surface area contributed by atoms with Crippen LogP contribution in [0.4, 0.5) is 5.69 Å². The second-order valence-corrected chi connectivity index (χ2v) is 7.21. The first kappa shape index (κ1) is 12.2. The molecule has 0 aromatic heterocycles. The molecule has 4 bridgehead atoms. The van der Waals surface area contributed by atoms with Gasteiger partial charge in [0.05, 0.1) is 5.56 Å². The monoisotopic (exact) mass is 271 g/mol. The van der Waals surface area contributed by atoms with Crippen LogP contribution in [0.15, 0.2) is 24.3 Å². The molecular weight excluding hydrogens is 250 g/mol. The Bertz CT molecular complexity index is 516. The van der Waals surface area contributed by atoms with Crippen molar-refractivity contribution in [2.75, 3.05) is 5.32 Å². The Morgan fingerprint density at radius 1 is 1.10 bits per heavy atom. The third-order valence-electron chi connectivity index (χ3n) is 5.56. The van der Waals surface area contributed by atoms with E-state index in [1.165, 1.54) is 38.5 Å². The maximum atomic E-state index is 11.1. The van der Waals surface area contributed by atoms with Crippen molar-refractivity contribution in [1.82, 2.24) is 0 Å². The smallest absolute Gasteiger partial charge is 0.335 e. The number of benzene rings is 1. The fraction of sp³-hybridized carbons (Fsp3) is 0.588. The second kappa shape index (κ2) is 4.24. The van der Waals surface area contributed by atoms with E-state index in [2.05, 4.69) is 5.32 Å². The Hall–Kier alpha value is -1.51. The molecule has 0 aliphatic heterocycles. The molecule has 3 heteroatoms. The molecule has 0 unspecified atom stereocenters. The minimum Gasteiger partial charge on any atom is -0.478 e. The molecule has 5 rings (SSSR count). The molecule has 4 fully saturated rings. The van der Waals surface area contributed by atoms with Crippen molar-refractivity contribution in [3.05, 3.63) is 29.8 Å². The van der Waals surface area contributed by atoms with Gasteiger partial charge in [0.2, 0.25) is 0 Å². The molecule has 4 aliphatic carbocycles. The molecule has 0 amide bonds. The van der Waals surface area contributed by atoms with Crippen molar-refractivity contribution in [3.63, 3.8) is 0 Å². The van der Waals surface area contributed by atoms with E-state index in [0.29, 0.717) is 5.56 Å². The van der Waals surface area contributed by atoms with Crippen LogP contribution in [0.1, 0.15) is 48.9 Å². The minimum atomic E-state index is -0.848. The molecule has 0 saturated heterocycles. The molecule has 1 aromatic carbocycles. The topological polar surface area (TPSA) is 49.3 Å². The number of hydrogen-bond donors (Lipinski definition) is 2. The number of rotatable bonds is 3. The number of carboxylic acids is 1. The van der Waals surface area contributed by atoms with Gasteiger partial charge in [0, 0.05) is 11.2 Å². The maximum Gasteiger partial charge on any atom is 0.335 e. The Morgan fingerprint density at radius 3 is 2.25 bits per heavy atom. The van der Waals surface area contributed by atoms with E-state index >= 15 is 0 Å². The van der Waals surface area contributed by atoms with Crippen molar-refractivity contribution in [2.45, 2.75) is 44.1 Å². The molecule has 106 valence electrons. The lowest BCUT2D eigenvalue weighted by Crippen LogP contribution is -2.54. The highest BCUT2D eigenvalue weighted by atomic mass is 16.4. The first-order valence-electron chi connectivity index (χ1n) is 7.73. The molecule has 3 nitrogen and oxygen atoms in total. The number of aromatic carboxylic acids is 1. The van der Waals surface area contributed by atoms with Crippen molar-refractivity contribution < 1.29 is 9.90 Å². The Morgan fingerprint density at radius 2 is 1.70 bits per heavy atom.